The molecule has 0 saturated heterocycles. The molecule has 0 aliphatic carbocycles. The van der Waals surface area contributed by atoms with E-state index in [-0.39, 0.29) is 0 Å². The van der Waals surface area contributed by atoms with Gasteiger partial charge in [-0.25, -0.2) is 0 Å². The van der Waals surface area contributed by atoms with Crippen LogP contribution in [0.15, 0.2) is 48.8 Å². The summed E-state index contributed by atoms with van der Waals surface area (Å²) in [5, 5.41) is 14.0. The zero-order chi connectivity index (χ0) is 13.1. The van der Waals surface area contributed by atoms with Crippen molar-refractivity contribution in [2.45, 2.75) is 13.5 Å². The fourth-order valence-corrected chi connectivity index (χ4v) is 2.06. The summed E-state index contributed by atoms with van der Waals surface area (Å²) in [6.45, 7) is 2.66. The first-order valence-electron chi connectivity index (χ1n) is 6.19. The quantitative estimate of drug-likeness (QED) is 0.776. The first-order valence-corrected chi connectivity index (χ1v) is 6.19. The molecule has 0 amide bonds. The van der Waals surface area contributed by atoms with Crippen LogP contribution in [0.4, 0.5) is 5.82 Å². The Bertz CT molecular complexity index is 695. The van der Waals surface area contributed by atoms with E-state index in [0.717, 1.165) is 27.8 Å². The Morgan fingerprint density at radius 3 is 2.63 bits per heavy atom. The van der Waals surface area contributed by atoms with E-state index in [1.807, 2.05) is 37.4 Å². The highest BCUT2D eigenvalue weighted by Crippen LogP contribution is 2.22. The van der Waals surface area contributed by atoms with Crippen molar-refractivity contribution in [1.82, 2.24) is 15.2 Å². The van der Waals surface area contributed by atoms with E-state index in [1.54, 1.807) is 6.20 Å². The Morgan fingerprint density at radius 1 is 1.00 bits per heavy atom. The number of pyridine rings is 1. The van der Waals surface area contributed by atoms with Gasteiger partial charge >= 0.3 is 0 Å². The number of nitrogens with one attached hydrogen (secondary N) is 1. The maximum absolute atomic E-state index is 4.24. The van der Waals surface area contributed by atoms with Gasteiger partial charge < -0.3 is 5.32 Å². The first-order chi connectivity index (χ1) is 9.34. The molecule has 94 valence electrons. The van der Waals surface area contributed by atoms with Gasteiger partial charge in [0.15, 0.2) is 5.82 Å². The third-order valence-electron chi connectivity index (χ3n) is 3.05. The number of nitrogens with zero attached hydrogens (tertiary/aromatic N) is 3. The second kappa shape index (κ2) is 5.02. The van der Waals surface area contributed by atoms with E-state index >= 15 is 0 Å². The van der Waals surface area contributed by atoms with Crippen LogP contribution in [0.1, 0.15) is 11.3 Å². The Morgan fingerprint density at radius 2 is 1.84 bits per heavy atom. The largest absolute Gasteiger partial charge is 0.364 e. The molecule has 0 bridgehead atoms. The van der Waals surface area contributed by atoms with Crippen molar-refractivity contribution in [3.63, 3.8) is 0 Å². The highest BCUT2D eigenvalue weighted by molar-refractivity contribution is 5.92. The van der Waals surface area contributed by atoms with Crippen molar-refractivity contribution in [3.8, 4) is 0 Å². The summed E-state index contributed by atoms with van der Waals surface area (Å²) in [5.74, 6) is 0.810. The molecular formula is C15H14N4. The van der Waals surface area contributed by atoms with Gasteiger partial charge in [-0.05, 0) is 18.6 Å². The van der Waals surface area contributed by atoms with Gasteiger partial charge in [0.25, 0.3) is 0 Å². The highest BCUT2D eigenvalue weighted by atomic mass is 15.2. The average Bonchev–Trinajstić information content (AvgIpc) is 2.48. The van der Waals surface area contributed by atoms with E-state index in [1.165, 1.54) is 0 Å². The van der Waals surface area contributed by atoms with Gasteiger partial charge in [-0.15, -0.1) is 5.10 Å². The molecule has 1 aromatic carbocycles. The second-order valence-electron chi connectivity index (χ2n) is 4.39. The summed E-state index contributed by atoms with van der Waals surface area (Å²) < 4.78 is 0. The summed E-state index contributed by atoms with van der Waals surface area (Å²) in [5.41, 5.74) is 2.07. The van der Waals surface area contributed by atoms with Gasteiger partial charge in [-0.2, -0.15) is 5.10 Å². The van der Waals surface area contributed by atoms with E-state index in [4.69, 9.17) is 0 Å². The average molecular weight is 250 g/mol. The molecule has 2 heterocycles. The lowest BCUT2D eigenvalue weighted by Crippen LogP contribution is -2.04. The number of anilines is 1. The van der Waals surface area contributed by atoms with E-state index < -0.39 is 0 Å². The van der Waals surface area contributed by atoms with Crippen molar-refractivity contribution in [2.75, 3.05) is 5.32 Å². The summed E-state index contributed by atoms with van der Waals surface area (Å²) in [6.07, 6.45) is 3.61. The van der Waals surface area contributed by atoms with Crippen molar-refractivity contribution in [2.24, 2.45) is 0 Å². The highest BCUT2D eigenvalue weighted by Gasteiger charge is 2.05. The maximum atomic E-state index is 4.24. The third-order valence-corrected chi connectivity index (χ3v) is 3.05. The van der Waals surface area contributed by atoms with E-state index in [0.29, 0.717) is 6.54 Å². The van der Waals surface area contributed by atoms with Crippen LogP contribution in [0.25, 0.3) is 10.8 Å². The van der Waals surface area contributed by atoms with E-state index in [2.05, 4.69) is 32.6 Å². The number of hydrogen-bond acceptors (Lipinski definition) is 4. The van der Waals surface area contributed by atoms with Crippen molar-refractivity contribution in [1.29, 1.82) is 0 Å². The van der Waals surface area contributed by atoms with Crippen LogP contribution >= 0.6 is 0 Å². The van der Waals surface area contributed by atoms with Crippen LogP contribution in [0.5, 0.6) is 0 Å². The number of aryl methyl sites for hydroxylation is 1. The zero-order valence-corrected chi connectivity index (χ0v) is 10.7. The molecule has 19 heavy (non-hydrogen) atoms. The smallest absolute Gasteiger partial charge is 0.156 e. The fraction of sp³-hybridized carbons (Fsp3) is 0.133. The molecule has 0 spiro atoms. The minimum absolute atomic E-state index is 0.690. The maximum Gasteiger partial charge on any atom is 0.156 e. The molecule has 0 saturated carbocycles. The first kappa shape index (κ1) is 11.6. The van der Waals surface area contributed by atoms with Crippen LogP contribution in [0, 0.1) is 6.92 Å². The van der Waals surface area contributed by atoms with Gasteiger partial charge in [0.2, 0.25) is 0 Å². The molecule has 3 aromatic rings. The van der Waals surface area contributed by atoms with Crippen LogP contribution in [-0.4, -0.2) is 15.2 Å². The topological polar surface area (TPSA) is 50.7 Å². The Labute approximate surface area is 111 Å². The fourth-order valence-electron chi connectivity index (χ4n) is 2.06. The summed E-state index contributed by atoms with van der Waals surface area (Å²) in [7, 11) is 0. The number of rotatable bonds is 3. The predicted octanol–water partition coefficient (Wildman–Crippen LogP) is 2.95. The molecule has 4 nitrogen and oxygen atoms in total. The van der Waals surface area contributed by atoms with Gasteiger partial charge in [-0.3, -0.25) is 4.98 Å². The summed E-state index contributed by atoms with van der Waals surface area (Å²) >= 11 is 0. The molecular weight excluding hydrogens is 236 g/mol. The van der Waals surface area contributed by atoms with Gasteiger partial charge in [0, 0.05) is 29.7 Å². The molecule has 2 aromatic heterocycles. The van der Waals surface area contributed by atoms with Gasteiger partial charge in [0.1, 0.15) is 0 Å². The second-order valence-corrected chi connectivity index (χ2v) is 4.39. The number of fused-ring (bicyclic) bond motifs is 1. The molecule has 0 fully saturated rings. The zero-order valence-electron chi connectivity index (χ0n) is 10.7. The van der Waals surface area contributed by atoms with E-state index in [9.17, 15) is 0 Å². The lowest BCUT2D eigenvalue weighted by atomic mass is 10.1. The molecule has 1 N–H and O–H groups in total. The number of hydrogen-bond donors (Lipinski definition) is 1. The molecule has 0 radical (unpaired) electrons. The molecule has 0 aliphatic heterocycles. The van der Waals surface area contributed by atoms with Crippen molar-refractivity contribution < 1.29 is 0 Å². The molecule has 0 aliphatic rings. The lowest BCUT2D eigenvalue weighted by molar-refractivity contribution is 0.980. The Balaban J connectivity index is 1.91. The Kier molecular flexibility index (Phi) is 3.06. The minimum Gasteiger partial charge on any atom is -0.364 e. The monoisotopic (exact) mass is 250 g/mol. The number of aromatic nitrogens is 3. The van der Waals surface area contributed by atoms with Gasteiger partial charge in [0.05, 0.1) is 5.69 Å². The SMILES string of the molecule is Cc1nnc(NCc2cccnc2)c2ccccc12. The number of benzene rings is 1. The Hall–Kier alpha value is -2.49. The summed E-state index contributed by atoms with van der Waals surface area (Å²) in [4.78, 5) is 4.10. The standard InChI is InChI=1S/C15H14N4/c1-11-13-6-2-3-7-14(13)15(19-18-11)17-10-12-5-4-8-16-9-12/h2-9H,10H2,1H3,(H,17,19). The van der Waals surface area contributed by atoms with Crippen LogP contribution in [-0.2, 0) is 6.54 Å². The van der Waals surface area contributed by atoms with Gasteiger partial charge in [-0.1, -0.05) is 30.3 Å². The third kappa shape index (κ3) is 2.38. The van der Waals surface area contributed by atoms with Crippen LogP contribution in [0.2, 0.25) is 0 Å². The van der Waals surface area contributed by atoms with Crippen LogP contribution in [0.3, 0.4) is 0 Å². The minimum atomic E-state index is 0.690. The molecule has 3 rings (SSSR count). The van der Waals surface area contributed by atoms with Crippen molar-refractivity contribution in [3.05, 3.63) is 60.0 Å². The molecule has 4 heteroatoms. The summed E-state index contributed by atoms with van der Waals surface area (Å²) in [6, 6.07) is 12.1. The lowest BCUT2D eigenvalue weighted by Gasteiger charge is -2.09. The molecule has 0 unspecified atom stereocenters. The van der Waals surface area contributed by atoms with Crippen LogP contribution < -0.4 is 5.32 Å². The molecule has 0 atom stereocenters. The normalized spacial score (nSPS) is 10.6. The van der Waals surface area contributed by atoms with Crippen molar-refractivity contribution >= 4 is 16.6 Å². The predicted molar refractivity (Wildman–Crippen MR) is 75.8 cm³/mol.